The fraction of sp³-hybridized carbons (Fsp3) is 0.571. The van der Waals surface area contributed by atoms with Crippen LogP contribution in [0.3, 0.4) is 0 Å². The van der Waals surface area contributed by atoms with Crippen LogP contribution in [0.1, 0.15) is 50.1 Å². The van der Waals surface area contributed by atoms with Crippen LogP contribution < -0.4 is 5.73 Å². The first kappa shape index (κ1) is 11.6. The van der Waals surface area contributed by atoms with E-state index in [1.54, 1.807) is 0 Å². The quantitative estimate of drug-likeness (QED) is 0.751. The maximum atomic E-state index is 10.6. The first-order chi connectivity index (χ1) is 7.72. The van der Waals surface area contributed by atoms with Gasteiger partial charge in [0.05, 0.1) is 11.6 Å². The van der Waals surface area contributed by atoms with E-state index in [9.17, 15) is 5.11 Å². The third kappa shape index (κ3) is 2.45. The fourth-order valence-electron chi connectivity index (χ4n) is 2.62. The maximum Gasteiger partial charge on any atom is 0.0839 e. The van der Waals surface area contributed by atoms with Crippen LogP contribution in [0.15, 0.2) is 30.3 Å². The van der Waals surface area contributed by atoms with Crippen LogP contribution in [0.25, 0.3) is 0 Å². The first-order valence-corrected chi connectivity index (χ1v) is 6.25. The average molecular weight is 219 g/mol. The van der Waals surface area contributed by atoms with Crippen LogP contribution in [0.5, 0.6) is 0 Å². The monoisotopic (exact) mass is 219 g/mol. The van der Waals surface area contributed by atoms with Crippen molar-refractivity contribution in [3.8, 4) is 0 Å². The SMILES string of the molecule is NC(c1ccccc1)C1(O)CCCCCC1. The standard InChI is InChI=1S/C14H21NO/c15-13(12-8-4-3-5-9-12)14(16)10-6-1-2-7-11-14/h3-5,8-9,13,16H,1-2,6-7,10-11,15H2. The molecular weight excluding hydrogens is 198 g/mol. The summed E-state index contributed by atoms with van der Waals surface area (Å²) < 4.78 is 0. The highest BCUT2D eigenvalue weighted by atomic mass is 16.3. The molecule has 2 heteroatoms. The van der Waals surface area contributed by atoms with E-state index in [0.717, 1.165) is 31.2 Å². The van der Waals surface area contributed by atoms with Gasteiger partial charge in [-0.05, 0) is 18.4 Å². The fourth-order valence-corrected chi connectivity index (χ4v) is 2.62. The third-order valence-corrected chi connectivity index (χ3v) is 3.71. The summed E-state index contributed by atoms with van der Waals surface area (Å²) in [6.07, 6.45) is 6.31. The van der Waals surface area contributed by atoms with Crippen molar-refractivity contribution in [2.45, 2.75) is 50.2 Å². The molecule has 2 nitrogen and oxygen atoms in total. The summed E-state index contributed by atoms with van der Waals surface area (Å²) >= 11 is 0. The minimum atomic E-state index is -0.697. The van der Waals surface area contributed by atoms with Crippen molar-refractivity contribution in [3.05, 3.63) is 35.9 Å². The lowest BCUT2D eigenvalue weighted by Gasteiger charge is -2.33. The normalized spacial score (nSPS) is 22.4. The highest BCUT2D eigenvalue weighted by Crippen LogP contribution is 2.35. The van der Waals surface area contributed by atoms with E-state index in [2.05, 4.69) is 0 Å². The lowest BCUT2D eigenvalue weighted by molar-refractivity contribution is -0.00122. The second-order valence-corrected chi connectivity index (χ2v) is 4.91. The number of benzene rings is 1. The summed E-state index contributed by atoms with van der Waals surface area (Å²) in [5.41, 5.74) is 6.57. The summed E-state index contributed by atoms with van der Waals surface area (Å²) in [7, 11) is 0. The molecule has 0 amide bonds. The third-order valence-electron chi connectivity index (χ3n) is 3.71. The van der Waals surface area contributed by atoms with Gasteiger partial charge in [0, 0.05) is 0 Å². The Hall–Kier alpha value is -0.860. The van der Waals surface area contributed by atoms with E-state index in [1.807, 2.05) is 30.3 Å². The lowest BCUT2D eigenvalue weighted by Crippen LogP contribution is -2.40. The van der Waals surface area contributed by atoms with E-state index in [1.165, 1.54) is 12.8 Å². The van der Waals surface area contributed by atoms with Gasteiger partial charge in [-0.3, -0.25) is 0 Å². The van der Waals surface area contributed by atoms with Gasteiger partial charge in [-0.1, -0.05) is 56.0 Å². The second kappa shape index (κ2) is 4.98. The Morgan fingerprint density at radius 3 is 2.12 bits per heavy atom. The van der Waals surface area contributed by atoms with Gasteiger partial charge < -0.3 is 10.8 Å². The van der Waals surface area contributed by atoms with Crippen molar-refractivity contribution in [1.29, 1.82) is 0 Å². The van der Waals surface area contributed by atoms with Crippen molar-refractivity contribution in [1.82, 2.24) is 0 Å². The predicted molar refractivity (Wildman–Crippen MR) is 66.0 cm³/mol. The maximum absolute atomic E-state index is 10.6. The summed E-state index contributed by atoms with van der Waals surface area (Å²) in [6.45, 7) is 0. The van der Waals surface area contributed by atoms with Gasteiger partial charge >= 0.3 is 0 Å². The number of nitrogens with two attached hydrogens (primary N) is 1. The number of hydrogen-bond acceptors (Lipinski definition) is 2. The zero-order chi connectivity index (χ0) is 11.4. The van der Waals surface area contributed by atoms with Crippen molar-refractivity contribution in [2.75, 3.05) is 0 Å². The Morgan fingerprint density at radius 1 is 1.00 bits per heavy atom. The van der Waals surface area contributed by atoms with E-state index in [0.29, 0.717) is 0 Å². The zero-order valence-electron chi connectivity index (χ0n) is 9.73. The molecule has 0 aromatic heterocycles. The summed E-state index contributed by atoms with van der Waals surface area (Å²) in [5.74, 6) is 0. The van der Waals surface area contributed by atoms with Crippen LogP contribution in [0.4, 0.5) is 0 Å². The van der Waals surface area contributed by atoms with Crippen LogP contribution in [0.2, 0.25) is 0 Å². The van der Waals surface area contributed by atoms with Gasteiger partial charge in [0.2, 0.25) is 0 Å². The van der Waals surface area contributed by atoms with Crippen molar-refractivity contribution < 1.29 is 5.11 Å². The molecule has 0 spiro atoms. The van der Waals surface area contributed by atoms with E-state index >= 15 is 0 Å². The van der Waals surface area contributed by atoms with Gasteiger partial charge in [0.1, 0.15) is 0 Å². The average Bonchev–Trinajstić information content (AvgIpc) is 2.55. The van der Waals surface area contributed by atoms with Crippen LogP contribution >= 0.6 is 0 Å². The predicted octanol–water partition coefficient (Wildman–Crippen LogP) is 2.77. The summed E-state index contributed by atoms with van der Waals surface area (Å²) in [5, 5.41) is 10.6. The minimum Gasteiger partial charge on any atom is -0.388 e. The van der Waals surface area contributed by atoms with Crippen molar-refractivity contribution in [3.63, 3.8) is 0 Å². The molecule has 1 unspecified atom stereocenters. The van der Waals surface area contributed by atoms with Crippen molar-refractivity contribution in [2.24, 2.45) is 5.73 Å². The second-order valence-electron chi connectivity index (χ2n) is 4.91. The van der Waals surface area contributed by atoms with E-state index in [4.69, 9.17) is 5.73 Å². The molecule has 1 atom stereocenters. The molecule has 16 heavy (non-hydrogen) atoms. The molecular formula is C14H21NO. The molecule has 1 aliphatic carbocycles. The Bertz CT molecular complexity index is 315. The molecule has 0 bridgehead atoms. The zero-order valence-corrected chi connectivity index (χ0v) is 9.73. The molecule has 1 aromatic rings. The molecule has 2 rings (SSSR count). The van der Waals surface area contributed by atoms with E-state index < -0.39 is 5.60 Å². The Morgan fingerprint density at radius 2 is 1.56 bits per heavy atom. The molecule has 0 aliphatic heterocycles. The Labute approximate surface area is 97.5 Å². The summed E-state index contributed by atoms with van der Waals surface area (Å²) in [4.78, 5) is 0. The molecule has 1 aromatic carbocycles. The number of hydrogen-bond donors (Lipinski definition) is 2. The van der Waals surface area contributed by atoms with E-state index in [-0.39, 0.29) is 6.04 Å². The molecule has 1 fully saturated rings. The molecule has 0 saturated heterocycles. The topological polar surface area (TPSA) is 46.2 Å². The largest absolute Gasteiger partial charge is 0.388 e. The molecule has 88 valence electrons. The van der Waals surface area contributed by atoms with Crippen molar-refractivity contribution >= 4 is 0 Å². The smallest absolute Gasteiger partial charge is 0.0839 e. The van der Waals surface area contributed by atoms with Crippen LogP contribution in [-0.4, -0.2) is 10.7 Å². The first-order valence-electron chi connectivity index (χ1n) is 6.25. The molecule has 0 radical (unpaired) electrons. The van der Waals surface area contributed by atoms with Crippen LogP contribution in [0, 0.1) is 0 Å². The molecule has 0 heterocycles. The van der Waals surface area contributed by atoms with Crippen LogP contribution in [-0.2, 0) is 0 Å². The van der Waals surface area contributed by atoms with Gasteiger partial charge in [0.25, 0.3) is 0 Å². The number of aliphatic hydroxyl groups is 1. The molecule has 3 N–H and O–H groups in total. The van der Waals surface area contributed by atoms with Gasteiger partial charge in [-0.2, -0.15) is 0 Å². The highest BCUT2D eigenvalue weighted by Gasteiger charge is 2.35. The van der Waals surface area contributed by atoms with Gasteiger partial charge in [0.15, 0.2) is 0 Å². The molecule has 1 saturated carbocycles. The minimum absolute atomic E-state index is 0.244. The molecule has 1 aliphatic rings. The number of rotatable bonds is 2. The lowest BCUT2D eigenvalue weighted by atomic mass is 9.83. The Balaban J connectivity index is 2.15. The highest BCUT2D eigenvalue weighted by molar-refractivity contribution is 5.21. The summed E-state index contributed by atoms with van der Waals surface area (Å²) in [6, 6.07) is 9.71. The Kier molecular flexibility index (Phi) is 3.62. The van der Waals surface area contributed by atoms with Gasteiger partial charge in [-0.15, -0.1) is 0 Å². The van der Waals surface area contributed by atoms with Gasteiger partial charge in [-0.25, -0.2) is 0 Å².